The highest BCUT2D eigenvalue weighted by atomic mass is 35.5. The van der Waals surface area contributed by atoms with Crippen molar-refractivity contribution < 1.29 is 0 Å². The van der Waals surface area contributed by atoms with Crippen LogP contribution in [0.5, 0.6) is 0 Å². The SMILES string of the molecule is CCCNC(c1ccc(Cl)cc1Cl)C1CCCC(C)C1. The molecule has 1 aromatic rings. The molecular formula is C17H25Cl2N. The summed E-state index contributed by atoms with van der Waals surface area (Å²) in [6, 6.07) is 6.28. The standard InChI is InChI=1S/C17H25Cl2N/c1-3-9-20-17(13-6-4-5-12(2)10-13)15-8-7-14(18)11-16(15)19/h7-8,11-13,17,20H,3-6,9-10H2,1-2H3. The van der Waals surface area contributed by atoms with E-state index in [1.54, 1.807) is 0 Å². The van der Waals surface area contributed by atoms with Crippen LogP contribution in [0.25, 0.3) is 0 Å². The second-order valence-electron chi connectivity index (χ2n) is 6.13. The van der Waals surface area contributed by atoms with Crippen LogP contribution in [-0.2, 0) is 0 Å². The quantitative estimate of drug-likeness (QED) is 0.717. The number of benzene rings is 1. The van der Waals surface area contributed by atoms with E-state index in [1.165, 1.54) is 31.2 Å². The van der Waals surface area contributed by atoms with Crippen molar-refractivity contribution in [1.82, 2.24) is 5.32 Å². The average Bonchev–Trinajstić information content (AvgIpc) is 2.41. The minimum absolute atomic E-state index is 0.363. The van der Waals surface area contributed by atoms with Gasteiger partial charge in [0.1, 0.15) is 0 Å². The van der Waals surface area contributed by atoms with Gasteiger partial charge in [0.25, 0.3) is 0 Å². The Hall–Kier alpha value is -0.240. The third-order valence-corrected chi connectivity index (χ3v) is 4.92. The lowest BCUT2D eigenvalue weighted by molar-refractivity contribution is 0.224. The van der Waals surface area contributed by atoms with Gasteiger partial charge >= 0.3 is 0 Å². The highest BCUT2D eigenvalue weighted by Gasteiger charge is 2.28. The van der Waals surface area contributed by atoms with Gasteiger partial charge in [-0.3, -0.25) is 0 Å². The normalized spacial score (nSPS) is 24.6. The van der Waals surface area contributed by atoms with E-state index in [9.17, 15) is 0 Å². The van der Waals surface area contributed by atoms with Crippen LogP contribution in [0, 0.1) is 11.8 Å². The molecule has 0 amide bonds. The molecule has 112 valence electrons. The van der Waals surface area contributed by atoms with E-state index < -0.39 is 0 Å². The summed E-state index contributed by atoms with van der Waals surface area (Å²) in [4.78, 5) is 0. The number of halogens is 2. The Morgan fingerprint density at radius 2 is 2.10 bits per heavy atom. The minimum Gasteiger partial charge on any atom is -0.310 e. The van der Waals surface area contributed by atoms with Crippen LogP contribution in [-0.4, -0.2) is 6.54 Å². The molecule has 0 aromatic heterocycles. The van der Waals surface area contributed by atoms with Gasteiger partial charge in [-0.05, 0) is 55.3 Å². The van der Waals surface area contributed by atoms with E-state index in [0.717, 1.165) is 23.9 Å². The van der Waals surface area contributed by atoms with Crippen molar-refractivity contribution in [2.75, 3.05) is 6.54 Å². The average molecular weight is 314 g/mol. The molecule has 1 aliphatic carbocycles. The van der Waals surface area contributed by atoms with Gasteiger partial charge in [0, 0.05) is 16.1 Å². The van der Waals surface area contributed by atoms with E-state index in [2.05, 4.69) is 25.2 Å². The summed E-state index contributed by atoms with van der Waals surface area (Å²) in [7, 11) is 0. The first kappa shape index (κ1) is 16.1. The minimum atomic E-state index is 0.363. The summed E-state index contributed by atoms with van der Waals surface area (Å²) in [5.41, 5.74) is 1.21. The fourth-order valence-corrected chi connectivity index (χ4v) is 3.89. The molecule has 3 atom stereocenters. The highest BCUT2D eigenvalue weighted by Crippen LogP contribution is 2.39. The third-order valence-electron chi connectivity index (χ3n) is 4.36. The highest BCUT2D eigenvalue weighted by molar-refractivity contribution is 6.35. The van der Waals surface area contributed by atoms with Crippen molar-refractivity contribution in [1.29, 1.82) is 0 Å². The second-order valence-corrected chi connectivity index (χ2v) is 6.97. The maximum Gasteiger partial charge on any atom is 0.0468 e. The van der Waals surface area contributed by atoms with Crippen molar-refractivity contribution in [3.63, 3.8) is 0 Å². The Labute approximate surface area is 133 Å². The lowest BCUT2D eigenvalue weighted by atomic mass is 9.76. The molecule has 1 N–H and O–H groups in total. The van der Waals surface area contributed by atoms with Gasteiger partial charge in [0.2, 0.25) is 0 Å². The zero-order valence-corrected chi connectivity index (χ0v) is 14.0. The fraction of sp³-hybridized carbons (Fsp3) is 0.647. The summed E-state index contributed by atoms with van der Waals surface area (Å²) >= 11 is 12.5. The predicted octanol–water partition coefficient (Wildman–Crippen LogP) is 5.86. The zero-order valence-electron chi connectivity index (χ0n) is 12.5. The van der Waals surface area contributed by atoms with Crippen molar-refractivity contribution in [3.8, 4) is 0 Å². The zero-order chi connectivity index (χ0) is 14.5. The molecule has 1 fully saturated rings. The molecule has 1 aromatic carbocycles. The first-order valence-corrected chi connectivity index (χ1v) is 8.55. The van der Waals surface area contributed by atoms with Crippen molar-refractivity contribution >= 4 is 23.2 Å². The molecular weight excluding hydrogens is 289 g/mol. The summed E-state index contributed by atoms with van der Waals surface area (Å²) in [5, 5.41) is 5.22. The fourth-order valence-electron chi connectivity index (χ4n) is 3.37. The first-order valence-electron chi connectivity index (χ1n) is 7.80. The van der Waals surface area contributed by atoms with E-state index in [1.807, 2.05) is 12.1 Å². The van der Waals surface area contributed by atoms with Crippen molar-refractivity contribution in [2.45, 2.75) is 52.0 Å². The Kier molecular flexibility index (Phi) is 6.20. The van der Waals surface area contributed by atoms with Crippen LogP contribution in [0.15, 0.2) is 18.2 Å². The Bertz CT molecular complexity index is 433. The van der Waals surface area contributed by atoms with Crippen molar-refractivity contribution in [2.24, 2.45) is 11.8 Å². The van der Waals surface area contributed by atoms with E-state index >= 15 is 0 Å². The predicted molar refractivity (Wildman–Crippen MR) is 88.6 cm³/mol. The molecule has 3 heteroatoms. The molecule has 20 heavy (non-hydrogen) atoms. The van der Waals surface area contributed by atoms with E-state index in [0.29, 0.717) is 17.0 Å². The van der Waals surface area contributed by atoms with Crippen LogP contribution in [0.1, 0.15) is 57.6 Å². The smallest absolute Gasteiger partial charge is 0.0468 e. The summed E-state index contributed by atoms with van der Waals surface area (Å²) in [5.74, 6) is 1.51. The molecule has 1 saturated carbocycles. The molecule has 2 rings (SSSR count). The van der Waals surface area contributed by atoms with Gasteiger partial charge in [-0.25, -0.2) is 0 Å². The second kappa shape index (κ2) is 7.68. The van der Waals surface area contributed by atoms with Crippen LogP contribution in [0.2, 0.25) is 10.0 Å². The Morgan fingerprint density at radius 1 is 1.30 bits per heavy atom. The largest absolute Gasteiger partial charge is 0.310 e. The molecule has 1 aliphatic rings. The topological polar surface area (TPSA) is 12.0 Å². The summed E-state index contributed by atoms with van der Waals surface area (Å²) < 4.78 is 0. The Balaban J connectivity index is 2.21. The van der Waals surface area contributed by atoms with Crippen LogP contribution in [0.3, 0.4) is 0 Å². The molecule has 1 nitrogen and oxygen atoms in total. The lowest BCUT2D eigenvalue weighted by Gasteiger charge is -2.34. The van der Waals surface area contributed by atoms with Gasteiger partial charge in [0.15, 0.2) is 0 Å². The molecule has 0 heterocycles. The molecule has 0 radical (unpaired) electrons. The van der Waals surface area contributed by atoms with Gasteiger partial charge in [-0.15, -0.1) is 0 Å². The maximum atomic E-state index is 6.43. The van der Waals surface area contributed by atoms with E-state index in [-0.39, 0.29) is 0 Å². The molecule has 0 spiro atoms. The first-order chi connectivity index (χ1) is 9.61. The number of hydrogen-bond donors (Lipinski definition) is 1. The molecule has 3 unspecified atom stereocenters. The third kappa shape index (κ3) is 4.13. The van der Waals surface area contributed by atoms with Gasteiger partial charge in [-0.2, -0.15) is 0 Å². The summed E-state index contributed by atoms with van der Waals surface area (Å²) in [6.07, 6.45) is 6.43. The monoisotopic (exact) mass is 313 g/mol. The lowest BCUT2D eigenvalue weighted by Crippen LogP contribution is -2.32. The number of rotatable bonds is 5. The van der Waals surface area contributed by atoms with Crippen LogP contribution >= 0.6 is 23.2 Å². The van der Waals surface area contributed by atoms with Gasteiger partial charge in [-0.1, -0.05) is 56.0 Å². The van der Waals surface area contributed by atoms with Crippen molar-refractivity contribution in [3.05, 3.63) is 33.8 Å². The number of hydrogen-bond acceptors (Lipinski definition) is 1. The molecule has 0 bridgehead atoms. The van der Waals surface area contributed by atoms with Crippen LogP contribution in [0.4, 0.5) is 0 Å². The Morgan fingerprint density at radius 3 is 2.75 bits per heavy atom. The summed E-state index contributed by atoms with van der Waals surface area (Å²) in [6.45, 7) is 5.61. The maximum absolute atomic E-state index is 6.43. The van der Waals surface area contributed by atoms with Crippen LogP contribution < -0.4 is 5.32 Å². The number of nitrogens with one attached hydrogen (secondary N) is 1. The van der Waals surface area contributed by atoms with Gasteiger partial charge < -0.3 is 5.32 Å². The molecule has 0 saturated heterocycles. The van der Waals surface area contributed by atoms with Gasteiger partial charge in [0.05, 0.1) is 0 Å². The van der Waals surface area contributed by atoms with E-state index in [4.69, 9.17) is 23.2 Å². The molecule has 0 aliphatic heterocycles.